The minimum absolute atomic E-state index is 0.180. The Labute approximate surface area is 184 Å². The molecule has 1 aliphatic heterocycles. The number of ether oxygens (including phenoxy) is 1. The first-order valence-electron chi connectivity index (χ1n) is 10.2. The summed E-state index contributed by atoms with van der Waals surface area (Å²) >= 11 is 0. The second-order valence-electron chi connectivity index (χ2n) is 7.06. The fourth-order valence-corrected chi connectivity index (χ4v) is 3.39. The summed E-state index contributed by atoms with van der Waals surface area (Å²) in [6.45, 7) is 3.42. The van der Waals surface area contributed by atoms with Gasteiger partial charge in [0.05, 0.1) is 34.8 Å². The molecule has 0 unspecified atom stereocenters. The van der Waals surface area contributed by atoms with Gasteiger partial charge >= 0.3 is 12.1 Å². The summed E-state index contributed by atoms with van der Waals surface area (Å²) in [5.74, 6) is -0.865. The largest absolute Gasteiger partial charge is 0.463 e. The number of para-hydroxylation sites is 2. The standard InChI is InChI=1S/C23H24F3N3O3/c1-2-32-21(30)9-5-12-27-13-6-14-29-19-8-4-3-7-18(19)28-22(31)17-11-10-16(15-20(17)29)23(24,25)26/h3-5,7-11,15,27H,2,6,12-14H2,1H3,(H,28,31)/b9-5+. The number of hydrogen-bond donors (Lipinski definition) is 2. The van der Waals surface area contributed by atoms with Crippen LogP contribution < -0.4 is 15.5 Å². The summed E-state index contributed by atoms with van der Waals surface area (Å²) in [7, 11) is 0. The van der Waals surface area contributed by atoms with Gasteiger partial charge in [-0.3, -0.25) is 4.79 Å². The fourth-order valence-electron chi connectivity index (χ4n) is 3.39. The average Bonchev–Trinajstić information content (AvgIpc) is 2.86. The third kappa shape index (κ3) is 5.67. The first-order valence-corrected chi connectivity index (χ1v) is 10.2. The van der Waals surface area contributed by atoms with Gasteiger partial charge in [-0.15, -0.1) is 0 Å². The molecule has 2 N–H and O–H groups in total. The molecule has 2 aromatic rings. The molecule has 6 nitrogen and oxygen atoms in total. The predicted molar refractivity (Wildman–Crippen MR) is 116 cm³/mol. The van der Waals surface area contributed by atoms with E-state index in [0.717, 1.165) is 12.1 Å². The van der Waals surface area contributed by atoms with Crippen molar-refractivity contribution in [2.45, 2.75) is 19.5 Å². The number of esters is 1. The van der Waals surface area contributed by atoms with E-state index >= 15 is 0 Å². The van der Waals surface area contributed by atoms with Gasteiger partial charge in [0.2, 0.25) is 0 Å². The molecule has 0 spiro atoms. The van der Waals surface area contributed by atoms with E-state index in [1.165, 1.54) is 12.1 Å². The Balaban J connectivity index is 1.76. The number of halogens is 3. The molecule has 0 saturated heterocycles. The van der Waals surface area contributed by atoms with Crippen molar-refractivity contribution in [3.63, 3.8) is 0 Å². The van der Waals surface area contributed by atoms with Crippen LogP contribution in [-0.2, 0) is 15.7 Å². The summed E-state index contributed by atoms with van der Waals surface area (Å²) in [6, 6.07) is 10.2. The van der Waals surface area contributed by atoms with Crippen molar-refractivity contribution in [2.75, 3.05) is 36.5 Å². The van der Waals surface area contributed by atoms with Gasteiger partial charge in [0.1, 0.15) is 0 Å². The highest BCUT2D eigenvalue weighted by Crippen LogP contribution is 2.40. The van der Waals surface area contributed by atoms with E-state index in [1.54, 1.807) is 42.2 Å². The number of alkyl halides is 3. The molecule has 9 heteroatoms. The van der Waals surface area contributed by atoms with E-state index in [2.05, 4.69) is 10.6 Å². The third-order valence-corrected chi connectivity index (χ3v) is 4.84. The molecule has 0 saturated carbocycles. The van der Waals surface area contributed by atoms with Crippen LogP contribution in [0.3, 0.4) is 0 Å². The van der Waals surface area contributed by atoms with Crippen molar-refractivity contribution < 1.29 is 27.5 Å². The van der Waals surface area contributed by atoms with Crippen molar-refractivity contribution in [3.8, 4) is 0 Å². The SMILES string of the molecule is CCOC(=O)/C=C/CNCCCN1c2ccccc2NC(=O)c2ccc(C(F)(F)F)cc21. The van der Waals surface area contributed by atoms with Crippen LogP contribution in [0.1, 0.15) is 29.3 Å². The highest BCUT2D eigenvalue weighted by molar-refractivity contribution is 6.12. The normalized spacial score (nSPS) is 13.4. The number of rotatable bonds is 8. The minimum atomic E-state index is -4.52. The number of hydrogen-bond acceptors (Lipinski definition) is 5. The molecule has 0 aliphatic carbocycles. The van der Waals surface area contributed by atoms with Crippen LogP contribution in [0.2, 0.25) is 0 Å². The molecule has 3 rings (SSSR count). The van der Waals surface area contributed by atoms with Gasteiger partial charge in [-0.25, -0.2) is 4.79 Å². The maximum Gasteiger partial charge on any atom is 0.416 e. The summed E-state index contributed by atoms with van der Waals surface area (Å²) in [6.07, 6.45) is -0.943. The Morgan fingerprint density at radius 2 is 1.97 bits per heavy atom. The van der Waals surface area contributed by atoms with Gasteiger partial charge in [0.15, 0.2) is 0 Å². The Hall–Kier alpha value is -3.33. The molecular formula is C23H24F3N3O3. The van der Waals surface area contributed by atoms with E-state index in [1.807, 2.05) is 0 Å². The monoisotopic (exact) mass is 447 g/mol. The molecule has 0 fully saturated rings. The Morgan fingerprint density at radius 1 is 1.19 bits per heavy atom. The summed E-state index contributed by atoms with van der Waals surface area (Å²) in [4.78, 5) is 25.7. The average molecular weight is 447 g/mol. The van der Waals surface area contributed by atoms with Crippen LogP contribution in [0, 0.1) is 0 Å². The van der Waals surface area contributed by atoms with Gasteiger partial charge < -0.3 is 20.3 Å². The molecule has 170 valence electrons. The smallest absolute Gasteiger partial charge is 0.416 e. The fraction of sp³-hybridized carbons (Fsp3) is 0.304. The van der Waals surface area contributed by atoms with E-state index in [9.17, 15) is 22.8 Å². The lowest BCUT2D eigenvalue weighted by atomic mass is 10.1. The first kappa shape index (κ1) is 23.3. The lowest BCUT2D eigenvalue weighted by Crippen LogP contribution is -2.25. The third-order valence-electron chi connectivity index (χ3n) is 4.84. The zero-order chi connectivity index (χ0) is 23.1. The zero-order valence-electron chi connectivity index (χ0n) is 17.5. The molecule has 0 aromatic heterocycles. The Morgan fingerprint density at radius 3 is 2.72 bits per heavy atom. The number of nitrogens with one attached hydrogen (secondary N) is 2. The highest BCUT2D eigenvalue weighted by Gasteiger charge is 2.33. The van der Waals surface area contributed by atoms with E-state index in [-0.39, 0.29) is 11.3 Å². The molecule has 32 heavy (non-hydrogen) atoms. The number of carbonyl (C=O) groups excluding carboxylic acids is 2. The van der Waals surface area contributed by atoms with Gasteiger partial charge in [-0.1, -0.05) is 18.2 Å². The number of fused-ring (bicyclic) bond motifs is 2. The second kappa shape index (κ2) is 10.3. The first-order chi connectivity index (χ1) is 15.3. The maximum absolute atomic E-state index is 13.3. The van der Waals surface area contributed by atoms with Gasteiger partial charge in [0.25, 0.3) is 5.91 Å². The lowest BCUT2D eigenvalue weighted by Gasteiger charge is -2.26. The van der Waals surface area contributed by atoms with Crippen molar-refractivity contribution in [1.29, 1.82) is 0 Å². The quantitative estimate of drug-likeness (QED) is 0.354. The summed E-state index contributed by atoms with van der Waals surface area (Å²) in [5, 5.41) is 5.92. The number of benzene rings is 2. The van der Waals surface area contributed by atoms with E-state index in [4.69, 9.17) is 4.74 Å². The molecule has 1 amide bonds. The van der Waals surface area contributed by atoms with E-state index < -0.39 is 23.6 Å². The van der Waals surface area contributed by atoms with E-state index in [0.29, 0.717) is 44.0 Å². The highest BCUT2D eigenvalue weighted by atomic mass is 19.4. The lowest BCUT2D eigenvalue weighted by molar-refractivity contribution is -0.138. The second-order valence-corrected chi connectivity index (χ2v) is 7.06. The number of nitrogens with zero attached hydrogens (tertiary/aromatic N) is 1. The molecule has 0 radical (unpaired) electrons. The zero-order valence-corrected chi connectivity index (χ0v) is 17.5. The number of amides is 1. The van der Waals surface area contributed by atoms with Crippen LogP contribution in [0.4, 0.5) is 30.2 Å². The number of carbonyl (C=O) groups is 2. The molecule has 0 atom stereocenters. The summed E-state index contributed by atoms with van der Waals surface area (Å²) in [5.41, 5.74) is 0.744. The van der Waals surface area contributed by atoms with Crippen LogP contribution >= 0.6 is 0 Å². The molecule has 1 aliphatic rings. The predicted octanol–water partition coefficient (Wildman–Crippen LogP) is 4.51. The molecule has 1 heterocycles. The van der Waals surface area contributed by atoms with Crippen molar-refractivity contribution >= 4 is 28.9 Å². The van der Waals surface area contributed by atoms with Gasteiger partial charge in [-0.05, 0) is 50.2 Å². The van der Waals surface area contributed by atoms with Crippen LogP contribution in [0.15, 0.2) is 54.6 Å². The molecule has 2 aromatic carbocycles. The van der Waals surface area contributed by atoms with Crippen molar-refractivity contribution in [2.24, 2.45) is 0 Å². The Kier molecular flexibility index (Phi) is 7.53. The summed E-state index contributed by atoms with van der Waals surface area (Å²) < 4.78 is 44.8. The van der Waals surface area contributed by atoms with Crippen molar-refractivity contribution in [1.82, 2.24) is 5.32 Å². The van der Waals surface area contributed by atoms with Crippen molar-refractivity contribution in [3.05, 3.63) is 65.7 Å². The molecule has 0 bridgehead atoms. The maximum atomic E-state index is 13.3. The minimum Gasteiger partial charge on any atom is -0.463 e. The topological polar surface area (TPSA) is 70.7 Å². The number of anilines is 3. The van der Waals surface area contributed by atoms with Gasteiger partial charge in [-0.2, -0.15) is 13.2 Å². The van der Waals surface area contributed by atoms with Crippen LogP contribution in [-0.4, -0.2) is 38.1 Å². The van der Waals surface area contributed by atoms with Gasteiger partial charge in [0, 0.05) is 19.2 Å². The molecular weight excluding hydrogens is 423 g/mol. The Bertz CT molecular complexity index is 1010. The van der Waals surface area contributed by atoms with Crippen LogP contribution in [0.5, 0.6) is 0 Å². The van der Waals surface area contributed by atoms with Crippen LogP contribution in [0.25, 0.3) is 0 Å².